The molecule has 0 aliphatic carbocycles. The lowest BCUT2D eigenvalue weighted by atomic mass is 10.2. The zero-order chi connectivity index (χ0) is 12.4. The number of nitrogens with one attached hydrogen (secondary N) is 1. The second-order valence-corrected chi connectivity index (χ2v) is 5.02. The highest BCUT2D eigenvalue weighted by Crippen LogP contribution is 2.26. The molecule has 1 aromatic heterocycles. The van der Waals surface area contributed by atoms with Crippen molar-refractivity contribution in [3.8, 4) is 0 Å². The van der Waals surface area contributed by atoms with E-state index in [1.165, 1.54) is 0 Å². The first kappa shape index (κ1) is 12.6. The molecule has 0 unspecified atom stereocenters. The Hall–Kier alpha value is -0.840. The molecule has 6 heteroatoms. The molecule has 2 aromatic rings. The van der Waals surface area contributed by atoms with Crippen molar-refractivity contribution in [3.63, 3.8) is 0 Å². The van der Waals surface area contributed by atoms with Crippen LogP contribution in [0.25, 0.3) is 0 Å². The summed E-state index contributed by atoms with van der Waals surface area (Å²) < 4.78 is 0.735. The van der Waals surface area contributed by atoms with E-state index in [4.69, 9.17) is 23.2 Å². The lowest BCUT2D eigenvalue weighted by molar-refractivity contribution is 1.15. The Morgan fingerprint density at radius 3 is 2.76 bits per heavy atom. The van der Waals surface area contributed by atoms with Crippen LogP contribution in [0.2, 0.25) is 10.3 Å². The lowest BCUT2D eigenvalue weighted by Gasteiger charge is -2.08. The topological polar surface area (TPSA) is 37.8 Å². The van der Waals surface area contributed by atoms with Crippen molar-refractivity contribution in [2.75, 3.05) is 5.32 Å². The molecular weight excluding hydrogens is 325 g/mol. The van der Waals surface area contributed by atoms with Crippen LogP contribution < -0.4 is 5.32 Å². The van der Waals surface area contributed by atoms with Crippen molar-refractivity contribution >= 4 is 50.6 Å². The first-order valence-corrected chi connectivity index (χ1v) is 6.32. The van der Waals surface area contributed by atoms with Crippen LogP contribution >= 0.6 is 39.1 Å². The van der Waals surface area contributed by atoms with Gasteiger partial charge >= 0.3 is 0 Å². The van der Waals surface area contributed by atoms with E-state index in [9.17, 15) is 0 Å². The maximum absolute atomic E-state index is 6.04. The summed E-state index contributed by atoms with van der Waals surface area (Å²) in [7, 11) is 0. The highest BCUT2D eigenvalue weighted by molar-refractivity contribution is 9.10. The summed E-state index contributed by atoms with van der Waals surface area (Å²) in [4.78, 5) is 7.93. The Morgan fingerprint density at radius 1 is 1.29 bits per heavy atom. The molecule has 0 radical (unpaired) electrons. The second kappa shape index (κ2) is 5.21. The van der Waals surface area contributed by atoms with Gasteiger partial charge in [-0.3, -0.25) is 0 Å². The fraction of sp³-hybridized carbons (Fsp3) is 0.0909. The predicted molar refractivity (Wildman–Crippen MR) is 74.2 cm³/mol. The van der Waals surface area contributed by atoms with E-state index in [2.05, 4.69) is 31.2 Å². The van der Waals surface area contributed by atoms with Gasteiger partial charge in [0.2, 0.25) is 5.28 Å². The Kier molecular flexibility index (Phi) is 3.86. The van der Waals surface area contributed by atoms with Crippen molar-refractivity contribution in [2.24, 2.45) is 0 Å². The van der Waals surface area contributed by atoms with Crippen LogP contribution in [0.15, 0.2) is 28.9 Å². The maximum atomic E-state index is 6.04. The van der Waals surface area contributed by atoms with Crippen molar-refractivity contribution in [3.05, 3.63) is 44.7 Å². The van der Waals surface area contributed by atoms with Gasteiger partial charge in [-0.2, -0.15) is 4.98 Å². The average Bonchev–Trinajstić information content (AvgIpc) is 2.29. The van der Waals surface area contributed by atoms with Crippen molar-refractivity contribution in [1.29, 1.82) is 0 Å². The van der Waals surface area contributed by atoms with Crippen molar-refractivity contribution in [2.45, 2.75) is 6.92 Å². The normalized spacial score (nSPS) is 10.4. The minimum Gasteiger partial charge on any atom is -0.339 e. The van der Waals surface area contributed by atoms with Gasteiger partial charge in [0.1, 0.15) is 5.82 Å². The van der Waals surface area contributed by atoms with Crippen LogP contribution in [0.5, 0.6) is 0 Å². The van der Waals surface area contributed by atoms with Crippen LogP contribution in [0, 0.1) is 6.92 Å². The number of benzene rings is 1. The smallest absolute Gasteiger partial charge is 0.224 e. The molecular formula is C11H8BrCl2N3. The van der Waals surface area contributed by atoms with Gasteiger partial charge in [-0.1, -0.05) is 17.7 Å². The molecule has 0 bridgehead atoms. The summed E-state index contributed by atoms with van der Waals surface area (Å²) in [5.41, 5.74) is 1.87. The number of halogens is 3. The molecule has 0 amide bonds. The predicted octanol–water partition coefficient (Wildman–Crippen LogP) is 4.60. The summed E-state index contributed by atoms with van der Waals surface area (Å²) >= 11 is 15.1. The molecule has 1 heterocycles. The second-order valence-electron chi connectivity index (χ2n) is 3.42. The summed E-state index contributed by atoms with van der Waals surface area (Å²) in [6, 6.07) is 5.68. The third-order valence-corrected chi connectivity index (χ3v) is 3.32. The number of aryl methyl sites for hydroxylation is 1. The van der Waals surface area contributed by atoms with Crippen LogP contribution in [-0.2, 0) is 0 Å². The standard InChI is InChI=1S/C11H8BrCl2N3/c1-6-2-3-7(4-9(6)13)16-10-8(12)5-15-11(14)17-10/h2-5H,1H3,(H,15,16,17). The van der Waals surface area contributed by atoms with E-state index in [-0.39, 0.29) is 5.28 Å². The van der Waals surface area contributed by atoms with Crippen LogP contribution in [0.3, 0.4) is 0 Å². The van der Waals surface area contributed by atoms with E-state index >= 15 is 0 Å². The Labute approximate surface area is 117 Å². The van der Waals surface area contributed by atoms with Crippen LogP contribution in [-0.4, -0.2) is 9.97 Å². The number of nitrogens with zero attached hydrogens (tertiary/aromatic N) is 2. The average molecular weight is 333 g/mol. The quantitative estimate of drug-likeness (QED) is 0.817. The summed E-state index contributed by atoms with van der Waals surface area (Å²) in [6.07, 6.45) is 1.59. The summed E-state index contributed by atoms with van der Waals surface area (Å²) in [6.45, 7) is 1.95. The Bertz CT molecular complexity index is 560. The van der Waals surface area contributed by atoms with Gasteiger partial charge in [-0.05, 0) is 52.2 Å². The molecule has 3 nitrogen and oxygen atoms in total. The molecule has 0 fully saturated rings. The number of hydrogen-bond donors (Lipinski definition) is 1. The van der Waals surface area contributed by atoms with Crippen LogP contribution in [0.1, 0.15) is 5.56 Å². The molecule has 0 saturated heterocycles. The van der Waals surface area contributed by atoms with Crippen molar-refractivity contribution in [1.82, 2.24) is 9.97 Å². The fourth-order valence-corrected chi connectivity index (χ4v) is 1.84. The van der Waals surface area contributed by atoms with Gasteiger partial charge in [0.05, 0.1) is 4.47 Å². The minimum absolute atomic E-state index is 0.189. The van der Waals surface area contributed by atoms with Crippen molar-refractivity contribution < 1.29 is 0 Å². The Morgan fingerprint density at radius 2 is 2.06 bits per heavy atom. The minimum atomic E-state index is 0.189. The van der Waals surface area contributed by atoms with Crippen LogP contribution in [0.4, 0.5) is 11.5 Å². The largest absolute Gasteiger partial charge is 0.339 e. The van der Waals surface area contributed by atoms with E-state index in [1.807, 2.05) is 25.1 Å². The lowest BCUT2D eigenvalue weighted by Crippen LogP contribution is -1.96. The van der Waals surface area contributed by atoms with E-state index in [0.29, 0.717) is 10.8 Å². The first-order valence-electron chi connectivity index (χ1n) is 4.77. The van der Waals surface area contributed by atoms with E-state index in [0.717, 1.165) is 15.7 Å². The third-order valence-electron chi connectivity index (χ3n) is 2.15. The molecule has 0 aliphatic rings. The number of aromatic nitrogens is 2. The van der Waals surface area contributed by atoms with Gasteiger partial charge < -0.3 is 5.32 Å². The molecule has 1 N–H and O–H groups in total. The van der Waals surface area contributed by atoms with E-state index < -0.39 is 0 Å². The fourth-order valence-electron chi connectivity index (χ4n) is 1.24. The molecule has 0 saturated carbocycles. The molecule has 0 spiro atoms. The zero-order valence-electron chi connectivity index (χ0n) is 8.84. The highest BCUT2D eigenvalue weighted by Gasteiger charge is 2.05. The molecule has 0 aliphatic heterocycles. The van der Waals surface area contributed by atoms with Gasteiger partial charge in [-0.15, -0.1) is 0 Å². The summed E-state index contributed by atoms with van der Waals surface area (Å²) in [5, 5.41) is 4.00. The molecule has 2 rings (SSSR count). The molecule has 88 valence electrons. The number of anilines is 2. The molecule has 17 heavy (non-hydrogen) atoms. The van der Waals surface area contributed by atoms with Gasteiger partial charge in [0, 0.05) is 16.9 Å². The number of rotatable bonds is 2. The third kappa shape index (κ3) is 3.09. The highest BCUT2D eigenvalue weighted by atomic mass is 79.9. The SMILES string of the molecule is Cc1ccc(Nc2nc(Cl)ncc2Br)cc1Cl. The van der Waals surface area contributed by atoms with Gasteiger partial charge in [-0.25, -0.2) is 4.98 Å². The van der Waals surface area contributed by atoms with Gasteiger partial charge in [0.25, 0.3) is 0 Å². The first-order chi connectivity index (χ1) is 8.06. The zero-order valence-corrected chi connectivity index (χ0v) is 11.9. The molecule has 0 atom stereocenters. The van der Waals surface area contributed by atoms with E-state index in [1.54, 1.807) is 6.20 Å². The monoisotopic (exact) mass is 331 g/mol. The molecule has 1 aromatic carbocycles. The maximum Gasteiger partial charge on any atom is 0.224 e. The summed E-state index contributed by atoms with van der Waals surface area (Å²) in [5.74, 6) is 0.602. The Balaban J connectivity index is 2.31. The van der Waals surface area contributed by atoms with Gasteiger partial charge in [0.15, 0.2) is 0 Å². The number of hydrogen-bond acceptors (Lipinski definition) is 3.